The van der Waals surface area contributed by atoms with E-state index in [4.69, 9.17) is 4.74 Å². The highest BCUT2D eigenvalue weighted by molar-refractivity contribution is 9.13. The van der Waals surface area contributed by atoms with Crippen LogP contribution in [-0.2, 0) is 4.74 Å². The summed E-state index contributed by atoms with van der Waals surface area (Å²) in [6.45, 7) is 7.37. The lowest BCUT2D eigenvalue weighted by Gasteiger charge is -2.17. The minimum absolute atomic E-state index is 0.256. The Hall–Kier alpha value is 0.0900. The second-order valence-corrected chi connectivity index (χ2v) is 6.62. The first-order chi connectivity index (χ1) is 8.08. The van der Waals surface area contributed by atoms with Crippen LogP contribution in [-0.4, -0.2) is 37.1 Å². The molecule has 17 heavy (non-hydrogen) atoms. The van der Waals surface area contributed by atoms with Crippen LogP contribution in [0.2, 0.25) is 0 Å². The zero-order valence-electron chi connectivity index (χ0n) is 9.83. The van der Waals surface area contributed by atoms with Crippen LogP contribution in [0.25, 0.3) is 0 Å². The number of thiophene rings is 1. The Morgan fingerprint density at radius 2 is 2.06 bits per heavy atom. The van der Waals surface area contributed by atoms with Crippen molar-refractivity contribution in [2.45, 2.75) is 13.8 Å². The van der Waals surface area contributed by atoms with Crippen molar-refractivity contribution in [1.29, 1.82) is 0 Å². The molecule has 0 bridgehead atoms. The van der Waals surface area contributed by atoms with E-state index in [1.54, 1.807) is 6.07 Å². The summed E-state index contributed by atoms with van der Waals surface area (Å²) in [4.78, 5) is 14.5. The van der Waals surface area contributed by atoms with Crippen molar-refractivity contribution < 1.29 is 9.53 Å². The zero-order chi connectivity index (χ0) is 12.8. The van der Waals surface area contributed by atoms with Gasteiger partial charge in [-0.1, -0.05) is 13.8 Å². The summed E-state index contributed by atoms with van der Waals surface area (Å²) in [5.41, 5.74) is 0. The summed E-state index contributed by atoms with van der Waals surface area (Å²) < 4.78 is 7.02. The highest BCUT2D eigenvalue weighted by Crippen LogP contribution is 2.32. The average molecular weight is 385 g/mol. The lowest BCUT2D eigenvalue weighted by molar-refractivity contribution is 0.0472. The fourth-order valence-electron chi connectivity index (χ4n) is 1.33. The van der Waals surface area contributed by atoms with Gasteiger partial charge in [-0.3, -0.25) is 0 Å². The number of nitrogens with zero attached hydrogens (tertiary/aromatic N) is 1. The van der Waals surface area contributed by atoms with Crippen LogP contribution >= 0.6 is 43.2 Å². The highest BCUT2D eigenvalue weighted by Gasteiger charge is 2.13. The van der Waals surface area contributed by atoms with Crippen LogP contribution in [0.1, 0.15) is 23.5 Å². The van der Waals surface area contributed by atoms with E-state index >= 15 is 0 Å². The summed E-state index contributed by atoms with van der Waals surface area (Å²) in [6, 6.07) is 1.77. The molecule has 0 aliphatic carbocycles. The molecule has 0 fully saturated rings. The molecule has 0 aliphatic rings. The number of rotatable bonds is 6. The Morgan fingerprint density at radius 1 is 1.41 bits per heavy atom. The van der Waals surface area contributed by atoms with Crippen LogP contribution in [0, 0.1) is 0 Å². The van der Waals surface area contributed by atoms with E-state index in [1.807, 2.05) is 0 Å². The molecule has 3 nitrogen and oxygen atoms in total. The second-order valence-electron chi connectivity index (χ2n) is 3.40. The van der Waals surface area contributed by atoms with Gasteiger partial charge in [-0.05, 0) is 51.0 Å². The molecule has 0 atom stereocenters. The van der Waals surface area contributed by atoms with E-state index in [0.29, 0.717) is 11.5 Å². The molecule has 96 valence electrons. The number of hydrogen-bond donors (Lipinski definition) is 0. The molecule has 1 aromatic heterocycles. The Morgan fingerprint density at radius 3 is 2.53 bits per heavy atom. The molecular weight excluding hydrogens is 370 g/mol. The SMILES string of the molecule is CCN(CC)CCOC(=O)c1cc(Br)c(Br)s1. The van der Waals surface area contributed by atoms with Gasteiger partial charge in [0.05, 0.1) is 3.79 Å². The lowest BCUT2D eigenvalue weighted by atomic mass is 10.4. The quantitative estimate of drug-likeness (QED) is 0.699. The number of halogens is 2. The lowest BCUT2D eigenvalue weighted by Crippen LogP contribution is -2.27. The molecule has 0 saturated heterocycles. The Balaban J connectivity index is 2.40. The molecule has 0 amide bonds. The number of esters is 1. The van der Waals surface area contributed by atoms with Crippen LogP contribution < -0.4 is 0 Å². The predicted octanol–water partition coefficient (Wildman–Crippen LogP) is 3.77. The fraction of sp³-hybridized carbons (Fsp3) is 0.545. The first-order valence-electron chi connectivity index (χ1n) is 5.42. The van der Waals surface area contributed by atoms with Crippen molar-refractivity contribution in [3.8, 4) is 0 Å². The van der Waals surface area contributed by atoms with Gasteiger partial charge in [0.2, 0.25) is 0 Å². The summed E-state index contributed by atoms with van der Waals surface area (Å²) >= 11 is 8.07. The Bertz CT molecular complexity index is 358. The minimum Gasteiger partial charge on any atom is -0.460 e. The van der Waals surface area contributed by atoms with Gasteiger partial charge in [0, 0.05) is 11.0 Å². The van der Waals surface area contributed by atoms with Gasteiger partial charge in [-0.2, -0.15) is 0 Å². The third-order valence-corrected chi connectivity index (χ3v) is 5.62. The number of carbonyl (C=O) groups is 1. The van der Waals surface area contributed by atoms with Crippen LogP contribution in [0.4, 0.5) is 0 Å². The van der Waals surface area contributed by atoms with Crippen LogP contribution in [0.3, 0.4) is 0 Å². The third-order valence-electron chi connectivity index (χ3n) is 2.38. The van der Waals surface area contributed by atoms with Crippen molar-refractivity contribution in [2.24, 2.45) is 0 Å². The maximum atomic E-state index is 11.7. The minimum atomic E-state index is -0.256. The molecular formula is C11H15Br2NO2S. The molecule has 0 radical (unpaired) electrons. The highest BCUT2D eigenvalue weighted by atomic mass is 79.9. The fourth-order valence-corrected chi connectivity index (χ4v) is 3.26. The molecule has 0 unspecified atom stereocenters. The smallest absolute Gasteiger partial charge is 0.348 e. The van der Waals surface area contributed by atoms with Crippen molar-refractivity contribution in [2.75, 3.05) is 26.2 Å². The monoisotopic (exact) mass is 383 g/mol. The second kappa shape index (κ2) is 7.51. The summed E-state index contributed by atoms with van der Waals surface area (Å²) in [6.07, 6.45) is 0. The van der Waals surface area contributed by atoms with E-state index in [9.17, 15) is 4.79 Å². The Kier molecular flexibility index (Phi) is 6.69. The number of carbonyl (C=O) groups excluding carboxylic acids is 1. The van der Waals surface area contributed by atoms with Gasteiger partial charge in [0.1, 0.15) is 11.5 Å². The molecule has 0 aliphatic heterocycles. The molecule has 0 aromatic carbocycles. The third kappa shape index (κ3) is 4.69. The molecule has 0 N–H and O–H groups in total. The standard InChI is InChI=1S/C11H15Br2NO2S/c1-3-14(4-2)5-6-16-11(15)9-7-8(12)10(13)17-9/h7H,3-6H2,1-2H3. The number of hydrogen-bond acceptors (Lipinski definition) is 4. The summed E-state index contributed by atoms with van der Waals surface area (Å²) in [5.74, 6) is -0.256. The van der Waals surface area contributed by atoms with Gasteiger partial charge in [0.15, 0.2) is 0 Å². The molecule has 1 heterocycles. The first kappa shape index (κ1) is 15.1. The Labute approximate surface area is 122 Å². The normalized spacial score (nSPS) is 10.9. The van der Waals surface area contributed by atoms with Gasteiger partial charge in [-0.15, -0.1) is 11.3 Å². The molecule has 1 aromatic rings. The van der Waals surface area contributed by atoms with E-state index in [2.05, 4.69) is 50.6 Å². The summed E-state index contributed by atoms with van der Waals surface area (Å²) in [5, 5.41) is 0. The largest absolute Gasteiger partial charge is 0.460 e. The maximum absolute atomic E-state index is 11.7. The molecule has 6 heteroatoms. The van der Waals surface area contributed by atoms with Crippen molar-refractivity contribution in [3.63, 3.8) is 0 Å². The van der Waals surface area contributed by atoms with E-state index in [1.165, 1.54) is 11.3 Å². The molecule has 0 saturated carbocycles. The predicted molar refractivity (Wildman–Crippen MR) is 77.8 cm³/mol. The average Bonchev–Trinajstić information content (AvgIpc) is 2.65. The number of likely N-dealkylation sites (N-methyl/N-ethyl adjacent to an activating group) is 1. The van der Waals surface area contributed by atoms with Gasteiger partial charge in [0.25, 0.3) is 0 Å². The zero-order valence-corrected chi connectivity index (χ0v) is 13.8. The van der Waals surface area contributed by atoms with Gasteiger partial charge < -0.3 is 9.64 Å². The van der Waals surface area contributed by atoms with Crippen LogP contribution in [0.15, 0.2) is 14.3 Å². The van der Waals surface area contributed by atoms with E-state index < -0.39 is 0 Å². The molecule has 1 rings (SSSR count). The van der Waals surface area contributed by atoms with Crippen molar-refractivity contribution in [1.82, 2.24) is 4.90 Å². The van der Waals surface area contributed by atoms with E-state index in [0.717, 1.165) is 27.9 Å². The first-order valence-corrected chi connectivity index (χ1v) is 7.83. The number of ether oxygens (including phenoxy) is 1. The maximum Gasteiger partial charge on any atom is 0.348 e. The van der Waals surface area contributed by atoms with Crippen molar-refractivity contribution >= 4 is 49.2 Å². The van der Waals surface area contributed by atoms with Gasteiger partial charge >= 0.3 is 5.97 Å². The molecule has 0 spiro atoms. The topological polar surface area (TPSA) is 29.5 Å². The summed E-state index contributed by atoms with van der Waals surface area (Å²) in [7, 11) is 0. The van der Waals surface area contributed by atoms with Crippen LogP contribution in [0.5, 0.6) is 0 Å². The van der Waals surface area contributed by atoms with Gasteiger partial charge in [-0.25, -0.2) is 4.79 Å². The van der Waals surface area contributed by atoms with E-state index in [-0.39, 0.29) is 5.97 Å². The van der Waals surface area contributed by atoms with Crippen molar-refractivity contribution in [3.05, 3.63) is 19.2 Å².